The topological polar surface area (TPSA) is 49.3 Å². The molecule has 0 heterocycles. The monoisotopic (exact) mass is 237 g/mol. The number of hydrogen-bond acceptors (Lipinski definition) is 3. The summed E-state index contributed by atoms with van der Waals surface area (Å²) in [4.78, 5) is 11.1. The Bertz CT molecular complexity index is 334. The van der Waals surface area contributed by atoms with Crippen LogP contribution in [0.5, 0.6) is 0 Å². The number of allylic oxidation sites excluding steroid dienone is 2. The van der Waals surface area contributed by atoms with Gasteiger partial charge in [-0.05, 0) is 37.5 Å². The van der Waals surface area contributed by atoms with Crippen LogP contribution in [-0.2, 0) is 4.79 Å². The highest BCUT2D eigenvalue weighted by Crippen LogP contribution is 2.39. The van der Waals surface area contributed by atoms with Crippen molar-refractivity contribution in [2.45, 2.75) is 58.0 Å². The van der Waals surface area contributed by atoms with Crippen LogP contribution in [0.15, 0.2) is 11.8 Å². The van der Waals surface area contributed by atoms with Crippen molar-refractivity contribution in [3.8, 4) is 0 Å². The molecule has 2 rings (SSSR count). The second-order valence-electron chi connectivity index (χ2n) is 6.38. The molecule has 0 unspecified atom stereocenters. The molecule has 96 valence electrons. The van der Waals surface area contributed by atoms with Gasteiger partial charge in [0.25, 0.3) is 0 Å². The van der Waals surface area contributed by atoms with E-state index in [0.29, 0.717) is 18.4 Å². The standard InChI is InChI=1S/C14H23NO2/c1-13(2)5-7-14(17,8-6-13)10-15-11-3-4-12(16)9-11/h9,15,17H,3-8,10H2,1-2H3. The number of hydrogen-bond donors (Lipinski definition) is 2. The van der Waals surface area contributed by atoms with Crippen LogP contribution >= 0.6 is 0 Å². The Labute approximate surface area is 103 Å². The molecule has 2 aliphatic rings. The van der Waals surface area contributed by atoms with E-state index in [2.05, 4.69) is 19.2 Å². The number of carbonyl (C=O) groups is 1. The van der Waals surface area contributed by atoms with E-state index in [9.17, 15) is 9.90 Å². The van der Waals surface area contributed by atoms with E-state index in [4.69, 9.17) is 0 Å². The number of aliphatic hydroxyl groups is 1. The fourth-order valence-electron chi connectivity index (χ4n) is 2.58. The summed E-state index contributed by atoms with van der Waals surface area (Å²) in [7, 11) is 0. The first-order valence-corrected chi connectivity index (χ1v) is 6.58. The molecule has 0 spiro atoms. The minimum Gasteiger partial charge on any atom is -0.388 e. The van der Waals surface area contributed by atoms with Crippen LogP contribution < -0.4 is 5.32 Å². The van der Waals surface area contributed by atoms with Gasteiger partial charge in [0.1, 0.15) is 0 Å². The van der Waals surface area contributed by atoms with Gasteiger partial charge in [0.05, 0.1) is 5.60 Å². The van der Waals surface area contributed by atoms with E-state index in [-0.39, 0.29) is 5.78 Å². The van der Waals surface area contributed by atoms with Crippen molar-refractivity contribution in [2.75, 3.05) is 6.54 Å². The van der Waals surface area contributed by atoms with Gasteiger partial charge >= 0.3 is 0 Å². The third kappa shape index (κ3) is 3.32. The summed E-state index contributed by atoms with van der Waals surface area (Å²) in [5.74, 6) is 0.198. The van der Waals surface area contributed by atoms with E-state index in [1.165, 1.54) is 0 Å². The van der Waals surface area contributed by atoms with Gasteiger partial charge < -0.3 is 10.4 Å². The van der Waals surface area contributed by atoms with Crippen LogP contribution in [0.4, 0.5) is 0 Å². The van der Waals surface area contributed by atoms with Crippen LogP contribution in [-0.4, -0.2) is 23.0 Å². The van der Waals surface area contributed by atoms with Crippen LogP contribution in [0, 0.1) is 5.41 Å². The zero-order valence-corrected chi connectivity index (χ0v) is 10.9. The lowest BCUT2D eigenvalue weighted by atomic mass is 9.71. The van der Waals surface area contributed by atoms with E-state index in [1.807, 2.05) is 0 Å². The third-order valence-corrected chi connectivity index (χ3v) is 4.15. The summed E-state index contributed by atoms with van der Waals surface area (Å²) in [5, 5.41) is 13.7. The Morgan fingerprint density at radius 1 is 1.24 bits per heavy atom. The maximum absolute atomic E-state index is 11.1. The molecule has 0 aliphatic heterocycles. The van der Waals surface area contributed by atoms with Gasteiger partial charge in [0, 0.05) is 24.7 Å². The molecule has 17 heavy (non-hydrogen) atoms. The molecule has 0 aromatic heterocycles. The molecule has 0 amide bonds. The zero-order valence-electron chi connectivity index (χ0n) is 10.9. The maximum Gasteiger partial charge on any atom is 0.157 e. The predicted octanol–water partition coefficient (Wildman–Crippen LogP) is 2.15. The summed E-state index contributed by atoms with van der Waals surface area (Å²) in [6.45, 7) is 5.11. The second-order valence-corrected chi connectivity index (χ2v) is 6.38. The first-order valence-electron chi connectivity index (χ1n) is 6.58. The molecule has 2 aliphatic carbocycles. The van der Waals surface area contributed by atoms with Gasteiger partial charge in [-0.1, -0.05) is 13.8 Å². The average molecular weight is 237 g/mol. The molecule has 0 saturated heterocycles. The summed E-state index contributed by atoms with van der Waals surface area (Å²) in [6, 6.07) is 0. The Hall–Kier alpha value is -0.830. The summed E-state index contributed by atoms with van der Waals surface area (Å²) >= 11 is 0. The van der Waals surface area contributed by atoms with Crippen molar-refractivity contribution in [2.24, 2.45) is 5.41 Å². The Morgan fingerprint density at radius 2 is 1.88 bits per heavy atom. The van der Waals surface area contributed by atoms with Crippen molar-refractivity contribution >= 4 is 5.78 Å². The van der Waals surface area contributed by atoms with Crippen molar-refractivity contribution in [1.29, 1.82) is 0 Å². The normalized spacial score (nSPS) is 26.8. The molecule has 0 atom stereocenters. The Kier molecular flexibility index (Phi) is 3.30. The van der Waals surface area contributed by atoms with Crippen LogP contribution in [0.2, 0.25) is 0 Å². The first kappa shape index (κ1) is 12.6. The molecule has 0 aromatic carbocycles. The molecule has 0 aromatic rings. The quantitative estimate of drug-likeness (QED) is 0.790. The molecule has 1 saturated carbocycles. The minimum absolute atomic E-state index is 0.198. The van der Waals surface area contributed by atoms with Crippen LogP contribution in [0.3, 0.4) is 0 Å². The first-order chi connectivity index (χ1) is 7.89. The van der Waals surface area contributed by atoms with Gasteiger partial charge in [0.2, 0.25) is 0 Å². The fraction of sp³-hybridized carbons (Fsp3) is 0.786. The molecular formula is C14H23NO2. The van der Waals surface area contributed by atoms with E-state index >= 15 is 0 Å². The summed E-state index contributed by atoms with van der Waals surface area (Å²) < 4.78 is 0. The van der Waals surface area contributed by atoms with E-state index in [0.717, 1.165) is 37.8 Å². The molecule has 3 nitrogen and oxygen atoms in total. The van der Waals surface area contributed by atoms with Gasteiger partial charge in [-0.3, -0.25) is 4.79 Å². The zero-order chi connectivity index (χ0) is 12.5. The molecule has 0 radical (unpaired) electrons. The lowest BCUT2D eigenvalue weighted by Crippen LogP contribution is -2.44. The van der Waals surface area contributed by atoms with Crippen LogP contribution in [0.1, 0.15) is 52.4 Å². The van der Waals surface area contributed by atoms with Crippen molar-refractivity contribution in [1.82, 2.24) is 5.32 Å². The van der Waals surface area contributed by atoms with Crippen molar-refractivity contribution in [3.63, 3.8) is 0 Å². The predicted molar refractivity (Wildman–Crippen MR) is 67.5 cm³/mol. The fourth-order valence-corrected chi connectivity index (χ4v) is 2.58. The van der Waals surface area contributed by atoms with E-state index in [1.54, 1.807) is 6.08 Å². The highest BCUT2D eigenvalue weighted by Gasteiger charge is 2.36. The average Bonchev–Trinajstić information content (AvgIpc) is 2.67. The Morgan fingerprint density at radius 3 is 2.41 bits per heavy atom. The SMILES string of the molecule is CC1(C)CCC(O)(CNC2=CC(=O)CC2)CC1. The summed E-state index contributed by atoms with van der Waals surface area (Å²) in [5.41, 5.74) is 0.782. The maximum atomic E-state index is 11.1. The van der Waals surface area contributed by atoms with Gasteiger partial charge in [0.15, 0.2) is 5.78 Å². The Balaban J connectivity index is 1.83. The molecule has 3 heteroatoms. The lowest BCUT2D eigenvalue weighted by Gasteiger charge is -2.40. The molecular weight excluding hydrogens is 214 g/mol. The van der Waals surface area contributed by atoms with Gasteiger partial charge in [-0.25, -0.2) is 0 Å². The van der Waals surface area contributed by atoms with Crippen LogP contribution in [0.25, 0.3) is 0 Å². The molecule has 1 fully saturated rings. The number of ketones is 1. The van der Waals surface area contributed by atoms with Gasteiger partial charge in [-0.2, -0.15) is 0 Å². The highest BCUT2D eigenvalue weighted by molar-refractivity contribution is 5.92. The smallest absolute Gasteiger partial charge is 0.157 e. The van der Waals surface area contributed by atoms with Crippen molar-refractivity contribution < 1.29 is 9.90 Å². The molecule has 0 bridgehead atoms. The lowest BCUT2D eigenvalue weighted by molar-refractivity contribution is -0.114. The highest BCUT2D eigenvalue weighted by atomic mass is 16.3. The summed E-state index contributed by atoms with van der Waals surface area (Å²) in [6.07, 6.45) is 6.96. The third-order valence-electron chi connectivity index (χ3n) is 4.15. The molecule has 2 N–H and O–H groups in total. The number of carbonyl (C=O) groups excluding carboxylic acids is 1. The van der Waals surface area contributed by atoms with Crippen molar-refractivity contribution in [3.05, 3.63) is 11.8 Å². The minimum atomic E-state index is -0.581. The largest absolute Gasteiger partial charge is 0.388 e. The van der Waals surface area contributed by atoms with Gasteiger partial charge in [-0.15, -0.1) is 0 Å². The number of rotatable bonds is 3. The van der Waals surface area contributed by atoms with E-state index < -0.39 is 5.60 Å². The second kappa shape index (κ2) is 4.45. The number of nitrogens with one attached hydrogen (secondary N) is 1.